The molecule has 0 spiro atoms. The molecule has 1 amide bonds. The van der Waals surface area contributed by atoms with E-state index >= 15 is 0 Å². The van der Waals surface area contributed by atoms with Crippen LogP contribution in [-0.4, -0.2) is 47.5 Å². The minimum Gasteiger partial charge on any atom is -0.497 e. The highest BCUT2D eigenvalue weighted by molar-refractivity contribution is 5.97. The number of methoxy groups -OCH3 is 5. The Hall–Kier alpha value is -3.29. The van der Waals surface area contributed by atoms with Crippen LogP contribution in [0.1, 0.15) is 6.92 Å². The predicted molar refractivity (Wildman–Crippen MR) is 107 cm³/mol. The molecule has 0 saturated heterocycles. The number of ether oxygens (including phenoxy) is 5. The van der Waals surface area contributed by atoms with Crippen molar-refractivity contribution in [1.29, 1.82) is 0 Å². The summed E-state index contributed by atoms with van der Waals surface area (Å²) in [4.78, 5) is 12.7. The Morgan fingerprint density at radius 1 is 0.821 bits per heavy atom. The molecule has 0 aliphatic carbocycles. The number of benzene rings is 2. The first-order valence-corrected chi connectivity index (χ1v) is 8.56. The summed E-state index contributed by atoms with van der Waals surface area (Å²) in [6, 6.07) is 8.09. The summed E-state index contributed by atoms with van der Waals surface area (Å²) in [5.41, 5.74) is 1.17. The fourth-order valence-corrected chi connectivity index (χ4v) is 2.63. The molecule has 1 unspecified atom stereocenters. The number of carbonyl (C=O) groups excluding carboxylic acids is 1. The lowest BCUT2D eigenvalue weighted by Crippen LogP contribution is -2.32. The highest BCUT2D eigenvalue weighted by Gasteiger charge is 2.18. The summed E-state index contributed by atoms with van der Waals surface area (Å²) < 4.78 is 26.5. The van der Waals surface area contributed by atoms with Crippen molar-refractivity contribution < 1.29 is 28.5 Å². The second kappa shape index (κ2) is 9.59. The van der Waals surface area contributed by atoms with Crippen LogP contribution in [0.4, 0.5) is 11.4 Å². The van der Waals surface area contributed by atoms with Gasteiger partial charge in [0.1, 0.15) is 17.5 Å². The van der Waals surface area contributed by atoms with E-state index in [1.54, 1.807) is 44.4 Å². The van der Waals surface area contributed by atoms with E-state index in [0.717, 1.165) is 0 Å². The molecule has 8 nitrogen and oxygen atoms in total. The summed E-state index contributed by atoms with van der Waals surface area (Å²) in [6.07, 6.45) is 0. The van der Waals surface area contributed by atoms with Gasteiger partial charge < -0.3 is 34.3 Å². The lowest BCUT2D eigenvalue weighted by molar-refractivity contribution is -0.116. The molecule has 0 bridgehead atoms. The Kier molecular flexibility index (Phi) is 7.20. The molecule has 0 saturated carbocycles. The van der Waals surface area contributed by atoms with Crippen molar-refractivity contribution in [2.45, 2.75) is 13.0 Å². The smallest absolute Gasteiger partial charge is 0.246 e. The summed E-state index contributed by atoms with van der Waals surface area (Å²) in [7, 11) is 7.70. The minimum atomic E-state index is -0.557. The highest BCUT2D eigenvalue weighted by Crippen LogP contribution is 2.40. The van der Waals surface area contributed by atoms with Gasteiger partial charge in [-0.1, -0.05) is 0 Å². The minimum absolute atomic E-state index is 0.250. The van der Waals surface area contributed by atoms with Gasteiger partial charge >= 0.3 is 0 Å². The lowest BCUT2D eigenvalue weighted by atomic mass is 10.2. The van der Waals surface area contributed by atoms with E-state index in [2.05, 4.69) is 10.6 Å². The van der Waals surface area contributed by atoms with Crippen molar-refractivity contribution in [3.63, 3.8) is 0 Å². The second-order valence-corrected chi connectivity index (χ2v) is 5.84. The zero-order valence-corrected chi connectivity index (χ0v) is 16.9. The van der Waals surface area contributed by atoms with Crippen LogP contribution in [-0.2, 0) is 4.79 Å². The molecule has 0 aromatic heterocycles. The van der Waals surface area contributed by atoms with Gasteiger partial charge in [0.15, 0.2) is 11.5 Å². The molecule has 152 valence electrons. The molecule has 2 aromatic carbocycles. The van der Waals surface area contributed by atoms with Crippen molar-refractivity contribution in [3.05, 3.63) is 30.3 Å². The van der Waals surface area contributed by atoms with Crippen molar-refractivity contribution >= 4 is 17.3 Å². The molecular weight excluding hydrogens is 364 g/mol. The normalized spacial score (nSPS) is 11.2. The number of carbonyl (C=O) groups is 1. The van der Waals surface area contributed by atoms with Crippen LogP contribution in [0.15, 0.2) is 30.3 Å². The second-order valence-electron chi connectivity index (χ2n) is 5.84. The van der Waals surface area contributed by atoms with E-state index in [0.29, 0.717) is 40.1 Å². The van der Waals surface area contributed by atoms with Gasteiger partial charge in [-0.05, 0) is 19.1 Å². The maximum absolute atomic E-state index is 12.7. The van der Waals surface area contributed by atoms with E-state index < -0.39 is 6.04 Å². The first-order chi connectivity index (χ1) is 13.5. The van der Waals surface area contributed by atoms with E-state index in [4.69, 9.17) is 23.7 Å². The molecule has 0 aliphatic rings. The van der Waals surface area contributed by atoms with Gasteiger partial charge in [-0.25, -0.2) is 0 Å². The van der Waals surface area contributed by atoms with E-state index in [1.807, 2.05) is 0 Å². The van der Waals surface area contributed by atoms with Gasteiger partial charge in [-0.15, -0.1) is 0 Å². The summed E-state index contributed by atoms with van der Waals surface area (Å²) in [5, 5.41) is 5.97. The third-order valence-corrected chi connectivity index (χ3v) is 4.11. The molecule has 8 heteroatoms. The lowest BCUT2D eigenvalue weighted by Gasteiger charge is -2.19. The van der Waals surface area contributed by atoms with E-state index in [1.165, 1.54) is 28.4 Å². The van der Waals surface area contributed by atoms with Gasteiger partial charge in [0.25, 0.3) is 0 Å². The fourth-order valence-electron chi connectivity index (χ4n) is 2.63. The molecule has 0 heterocycles. The summed E-state index contributed by atoms with van der Waals surface area (Å²) >= 11 is 0. The first kappa shape index (κ1) is 21.0. The molecule has 0 fully saturated rings. The average Bonchev–Trinajstić information content (AvgIpc) is 2.72. The molecule has 1 atom stereocenters. The monoisotopic (exact) mass is 390 g/mol. The topological polar surface area (TPSA) is 87.3 Å². The standard InChI is InChI=1S/C20H26N2O6/c1-12(20(23)22-15-11-14(24-2)7-8-16(15)25-3)21-13-9-17(26-4)19(28-6)18(10-13)27-5/h7-12,21H,1-6H3,(H,22,23). The quantitative estimate of drug-likeness (QED) is 0.680. The van der Waals surface area contributed by atoms with Crippen molar-refractivity contribution in [2.75, 3.05) is 46.2 Å². The molecule has 2 N–H and O–H groups in total. The first-order valence-electron chi connectivity index (χ1n) is 8.56. The molecule has 2 rings (SSSR count). The Bertz CT molecular complexity index is 799. The zero-order valence-electron chi connectivity index (χ0n) is 16.9. The van der Waals surface area contributed by atoms with Gasteiger partial charge in [-0.2, -0.15) is 0 Å². The third kappa shape index (κ3) is 4.70. The Balaban J connectivity index is 2.19. The van der Waals surface area contributed by atoms with Crippen LogP contribution >= 0.6 is 0 Å². The Labute approximate surface area is 164 Å². The SMILES string of the molecule is COc1ccc(OC)c(NC(=O)C(C)Nc2cc(OC)c(OC)c(OC)c2)c1. The van der Waals surface area contributed by atoms with Crippen LogP contribution < -0.4 is 34.3 Å². The maximum Gasteiger partial charge on any atom is 0.246 e. The van der Waals surface area contributed by atoms with Crippen molar-refractivity contribution in [1.82, 2.24) is 0 Å². The van der Waals surface area contributed by atoms with Gasteiger partial charge in [0, 0.05) is 23.9 Å². The van der Waals surface area contributed by atoms with Crippen molar-refractivity contribution in [3.8, 4) is 28.7 Å². The average molecular weight is 390 g/mol. The maximum atomic E-state index is 12.7. The van der Waals surface area contributed by atoms with Crippen molar-refractivity contribution in [2.24, 2.45) is 0 Å². The number of rotatable bonds is 9. The molecule has 28 heavy (non-hydrogen) atoms. The fraction of sp³-hybridized carbons (Fsp3) is 0.350. The Morgan fingerprint density at radius 2 is 1.43 bits per heavy atom. The largest absolute Gasteiger partial charge is 0.497 e. The van der Waals surface area contributed by atoms with Gasteiger partial charge in [-0.3, -0.25) is 4.79 Å². The molecule has 0 radical (unpaired) electrons. The van der Waals surface area contributed by atoms with Crippen LogP contribution in [0.5, 0.6) is 28.7 Å². The van der Waals surface area contributed by atoms with Crippen LogP contribution in [0.2, 0.25) is 0 Å². The van der Waals surface area contributed by atoms with Crippen LogP contribution in [0, 0.1) is 0 Å². The van der Waals surface area contributed by atoms with Crippen LogP contribution in [0.3, 0.4) is 0 Å². The summed E-state index contributed by atoms with van der Waals surface area (Å²) in [5.74, 6) is 2.36. The Morgan fingerprint density at radius 3 is 1.93 bits per heavy atom. The number of nitrogens with one attached hydrogen (secondary N) is 2. The molecule has 0 aliphatic heterocycles. The molecular formula is C20H26N2O6. The zero-order chi connectivity index (χ0) is 20.7. The molecule has 2 aromatic rings. The number of hydrogen-bond acceptors (Lipinski definition) is 7. The number of amides is 1. The number of anilines is 2. The van der Waals surface area contributed by atoms with E-state index in [9.17, 15) is 4.79 Å². The van der Waals surface area contributed by atoms with Gasteiger partial charge in [0.2, 0.25) is 11.7 Å². The van der Waals surface area contributed by atoms with Gasteiger partial charge in [0.05, 0.1) is 41.2 Å². The van der Waals surface area contributed by atoms with E-state index in [-0.39, 0.29) is 5.91 Å². The summed E-state index contributed by atoms with van der Waals surface area (Å²) in [6.45, 7) is 1.74. The highest BCUT2D eigenvalue weighted by atomic mass is 16.5. The number of hydrogen-bond donors (Lipinski definition) is 2. The predicted octanol–water partition coefficient (Wildman–Crippen LogP) is 3.17. The third-order valence-electron chi connectivity index (χ3n) is 4.11. The van der Waals surface area contributed by atoms with Crippen LogP contribution in [0.25, 0.3) is 0 Å².